The summed E-state index contributed by atoms with van der Waals surface area (Å²) >= 11 is 12.5. The number of hydrogen-bond acceptors (Lipinski definition) is 3. The molecule has 0 unspecified atom stereocenters. The number of aromatic nitrogens is 1. The van der Waals surface area contributed by atoms with Crippen LogP contribution in [0.2, 0.25) is 5.15 Å². The number of nitrogens with one attached hydrogen (secondary N) is 1. The Balaban J connectivity index is 2.28. The second kappa shape index (κ2) is 5.90. The number of carbonyl (C=O) groups excluding carboxylic acids is 1. The van der Waals surface area contributed by atoms with Gasteiger partial charge in [-0.1, -0.05) is 27.5 Å². The maximum atomic E-state index is 12.1. The summed E-state index contributed by atoms with van der Waals surface area (Å²) in [6.45, 7) is 0. The first-order chi connectivity index (χ1) is 8.97. The number of amides is 1. The van der Waals surface area contributed by atoms with Crippen molar-refractivity contribution in [1.82, 2.24) is 4.98 Å². The van der Waals surface area contributed by atoms with Gasteiger partial charge in [0.15, 0.2) is 5.15 Å². The highest BCUT2D eigenvalue weighted by atomic mass is 79.9. The number of nitrogens with two attached hydrogens (primary N) is 1. The number of pyridine rings is 1. The average Bonchev–Trinajstić information content (AvgIpc) is 2.33. The molecule has 0 aliphatic rings. The van der Waals surface area contributed by atoms with E-state index in [4.69, 9.17) is 17.3 Å². The fourth-order valence-electron chi connectivity index (χ4n) is 1.44. The molecule has 98 valence electrons. The minimum absolute atomic E-state index is 0.215. The molecule has 1 aromatic heterocycles. The van der Waals surface area contributed by atoms with Gasteiger partial charge in [0.25, 0.3) is 5.91 Å². The molecule has 0 atom stereocenters. The standard InChI is InChI=1S/C12H8Br2ClN3O/c13-6-1-2-8(9(16)3-6)12(19)18-10-4-7(14)5-17-11(10)15/h1-5H,16H2,(H,18,19). The van der Waals surface area contributed by atoms with Gasteiger partial charge in [-0.15, -0.1) is 0 Å². The van der Waals surface area contributed by atoms with E-state index in [2.05, 4.69) is 42.2 Å². The van der Waals surface area contributed by atoms with Gasteiger partial charge in [0.1, 0.15) is 0 Å². The maximum Gasteiger partial charge on any atom is 0.257 e. The van der Waals surface area contributed by atoms with Crippen molar-refractivity contribution >= 4 is 60.7 Å². The molecule has 3 N–H and O–H groups in total. The van der Waals surface area contributed by atoms with Gasteiger partial charge in [0, 0.05) is 20.8 Å². The quantitative estimate of drug-likeness (QED) is 0.584. The van der Waals surface area contributed by atoms with E-state index in [0.717, 1.165) is 8.95 Å². The number of nitrogens with zero attached hydrogens (tertiary/aromatic N) is 1. The molecule has 19 heavy (non-hydrogen) atoms. The van der Waals surface area contributed by atoms with Gasteiger partial charge in [0.2, 0.25) is 0 Å². The SMILES string of the molecule is Nc1cc(Br)ccc1C(=O)Nc1cc(Br)cnc1Cl. The molecule has 0 radical (unpaired) electrons. The Morgan fingerprint density at radius 1 is 1.26 bits per heavy atom. The van der Waals surface area contributed by atoms with Crippen LogP contribution in [0.4, 0.5) is 11.4 Å². The zero-order valence-electron chi connectivity index (χ0n) is 9.45. The lowest BCUT2D eigenvalue weighted by atomic mass is 10.1. The van der Waals surface area contributed by atoms with Crippen molar-refractivity contribution in [3.8, 4) is 0 Å². The Labute approximate surface area is 131 Å². The van der Waals surface area contributed by atoms with Crippen molar-refractivity contribution in [2.45, 2.75) is 0 Å². The van der Waals surface area contributed by atoms with Crippen LogP contribution in [0.1, 0.15) is 10.4 Å². The van der Waals surface area contributed by atoms with Crippen LogP contribution in [0.3, 0.4) is 0 Å². The molecule has 1 heterocycles. The van der Waals surface area contributed by atoms with Crippen LogP contribution < -0.4 is 11.1 Å². The maximum absolute atomic E-state index is 12.1. The van der Waals surface area contributed by atoms with Gasteiger partial charge in [-0.05, 0) is 40.2 Å². The average molecular weight is 405 g/mol. The monoisotopic (exact) mass is 403 g/mol. The molecule has 2 rings (SSSR count). The fraction of sp³-hybridized carbons (Fsp3) is 0. The Hall–Kier alpha value is -1.11. The van der Waals surface area contributed by atoms with Crippen molar-refractivity contribution in [3.05, 3.63) is 50.1 Å². The number of benzene rings is 1. The van der Waals surface area contributed by atoms with Gasteiger partial charge >= 0.3 is 0 Å². The summed E-state index contributed by atoms with van der Waals surface area (Å²) < 4.78 is 1.53. The summed E-state index contributed by atoms with van der Waals surface area (Å²) in [5, 5.41) is 2.88. The summed E-state index contributed by atoms with van der Waals surface area (Å²) in [7, 11) is 0. The van der Waals surface area contributed by atoms with Gasteiger partial charge in [-0.25, -0.2) is 4.98 Å². The third kappa shape index (κ3) is 3.46. The summed E-state index contributed by atoms with van der Waals surface area (Å²) in [6, 6.07) is 6.71. The zero-order chi connectivity index (χ0) is 14.0. The van der Waals surface area contributed by atoms with Crippen LogP contribution in [0.5, 0.6) is 0 Å². The third-order valence-electron chi connectivity index (χ3n) is 2.31. The molecule has 0 saturated heterocycles. The largest absolute Gasteiger partial charge is 0.398 e. The Morgan fingerprint density at radius 2 is 2.00 bits per heavy atom. The van der Waals surface area contributed by atoms with Crippen LogP contribution in [-0.2, 0) is 0 Å². The van der Waals surface area contributed by atoms with Crippen LogP contribution in [0.25, 0.3) is 0 Å². The van der Waals surface area contributed by atoms with Crippen LogP contribution >= 0.6 is 43.5 Å². The van der Waals surface area contributed by atoms with Crippen LogP contribution in [0.15, 0.2) is 39.4 Å². The molecule has 0 fully saturated rings. The number of carbonyl (C=O) groups is 1. The van der Waals surface area contributed by atoms with Crippen molar-refractivity contribution < 1.29 is 4.79 Å². The normalized spacial score (nSPS) is 10.3. The molecule has 7 heteroatoms. The summed E-state index contributed by atoms with van der Waals surface area (Å²) in [5.41, 5.74) is 6.97. The van der Waals surface area contributed by atoms with E-state index in [9.17, 15) is 4.79 Å². The second-order valence-electron chi connectivity index (χ2n) is 3.68. The smallest absolute Gasteiger partial charge is 0.257 e. The third-order valence-corrected chi connectivity index (χ3v) is 3.54. The number of hydrogen-bond donors (Lipinski definition) is 2. The highest BCUT2D eigenvalue weighted by molar-refractivity contribution is 9.10. The Morgan fingerprint density at radius 3 is 2.68 bits per heavy atom. The van der Waals surface area contributed by atoms with Gasteiger partial charge in [-0.3, -0.25) is 4.79 Å². The first-order valence-corrected chi connectivity index (χ1v) is 7.11. The van der Waals surface area contributed by atoms with Crippen LogP contribution in [0, 0.1) is 0 Å². The van der Waals surface area contributed by atoms with Gasteiger partial charge < -0.3 is 11.1 Å². The molecular weight excluding hydrogens is 397 g/mol. The van der Waals surface area contributed by atoms with E-state index in [1.807, 2.05) is 0 Å². The summed E-state index contributed by atoms with van der Waals surface area (Å²) in [6.07, 6.45) is 1.55. The van der Waals surface area contributed by atoms with Crippen molar-refractivity contribution in [2.24, 2.45) is 0 Å². The lowest BCUT2D eigenvalue weighted by Gasteiger charge is -2.09. The molecule has 4 nitrogen and oxygen atoms in total. The Kier molecular flexibility index (Phi) is 4.44. The zero-order valence-corrected chi connectivity index (χ0v) is 13.4. The first kappa shape index (κ1) is 14.3. The van der Waals surface area contributed by atoms with Gasteiger partial charge in [-0.2, -0.15) is 0 Å². The van der Waals surface area contributed by atoms with E-state index >= 15 is 0 Å². The van der Waals surface area contributed by atoms with E-state index in [-0.39, 0.29) is 11.1 Å². The van der Waals surface area contributed by atoms with E-state index in [0.29, 0.717) is 16.9 Å². The molecule has 0 aliphatic heterocycles. The van der Waals surface area contributed by atoms with Crippen LogP contribution in [-0.4, -0.2) is 10.9 Å². The minimum atomic E-state index is -0.341. The van der Waals surface area contributed by atoms with E-state index < -0.39 is 0 Å². The van der Waals surface area contributed by atoms with Crippen molar-refractivity contribution in [2.75, 3.05) is 11.1 Å². The molecule has 0 saturated carbocycles. The van der Waals surface area contributed by atoms with E-state index in [1.54, 1.807) is 30.5 Å². The molecule has 1 aromatic carbocycles. The summed E-state index contributed by atoms with van der Waals surface area (Å²) in [4.78, 5) is 16.0. The lowest BCUT2D eigenvalue weighted by molar-refractivity contribution is 0.102. The molecule has 0 bridgehead atoms. The number of anilines is 2. The minimum Gasteiger partial charge on any atom is -0.398 e. The first-order valence-electron chi connectivity index (χ1n) is 5.15. The number of nitrogen functional groups attached to an aromatic ring is 1. The fourth-order valence-corrected chi connectivity index (χ4v) is 2.30. The van der Waals surface area contributed by atoms with Crippen molar-refractivity contribution in [1.29, 1.82) is 0 Å². The Bertz CT molecular complexity index is 649. The van der Waals surface area contributed by atoms with Crippen molar-refractivity contribution in [3.63, 3.8) is 0 Å². The predicted octanol–water partition coefficient (Wildman–Crippen LogP) is 4.09. The van der Waals surface area contributed by atoms with E-state index in [1.165, 1.54) is 0 Å². The summed E-state index contributed by atoms with van der Waals surface area (Å²) in [5.74, 6) is -0.341. The predicted molar refractivity (Wildman–Crippen MR) is 83.5 cm³/mol. The lowest BCUT2D eigenvalue weighted by Crippen LogP contribution is -2.14. The molecular formula is C12H8Br2ClN3O. The molecule has 0 aliphatic carbocycles. The highest BCUT2D eigenvalue weighted by Crippen LogP contribution is 2.25. The highest BCUT2D eigenvalue weighted by Gasteiger charge is 2.12. The topological polar surface area (TPSA) is 68.0 Å². The molecule has 0 spiro atoms. The number of halogens is 3. The molecule has 2 aromatic rings. The second-order valence-corrected chi connectivity index (χ2v) is 5.87. The van der Waals surface area contributed by atoms with Gasteiger partial charge in [0.05, 0.1) is 11.3 Å². The number of rotatable bonds is 2. The molecule has 1 amide bonds.